The highest BCUT2D eigenvalue weighted by molar-refractivity contribution is 7.89. The van der Waals surface area contributed by atoms with Crippen LogP contribution in [-0.4, -0.2) is 48.9 Å². The van der Waals surface area contributed by atoms with Gasteiger partial charge in [0.2, 0.25) is 15.9 Å². The van der Waals surface area contributed by atoms with Crippen LogP contribution in [0, 0.1) is 6.92 Å². The normalized spacial score (nSPS) is 11.7. The Balaban J connectivity index is 1.92. The summed E-state index contributed by atoms with van der Waals surface area (Å²) in [7, 11) is -3.87. The molecule has 198 valence electrons. The molecule has 0 spiro atoms. The molecule has 0 radical (unpaired) electrons. The second kappa shape index (κ2) is 12.5. The van der Waals surface area contributed by atoms with Gasteiger partial charge in [-0.3, -0.25) is 9.59 Å². The second-order valence-electron chi connectivity index (χ2n) is 8.83. The standard InChI is InChI=1S/C22H29Cl2N5O6S/c1-14-7-8-15(28-18(30)13-29-20(31)19(24)16(23)12-26-29)11-17(14)36(33,34)27-10-6-5-9-25-21(32)35-22(2,3)4/h7-8,11-12,27H,5-6,9-10,13H2,1-4H3,(H,25,32)(H,28,30). The van der Waals surface area contributed by atoms with Crippen molar-refractivity contribution in [1.29, 1.82) is 0 Å². The summed E-state index contributed by atoms with van der Waals surface area (Å²) < 4.78 is 34.1. The molecule has 2 rings (SSSR count). The Morgan fingerprint density at radius 3 is 2.47 bits per heavy atom. The van der Waals surface area contributed by atoms with Crippen molar-refractivity contribution in [3.8, 4) is 0 Å². The summed E-state index contributed by atoms with van der Waals surface area (Å²) in [5, 5.41) is 8.63. The predicted octanol–water partition coefficient (Wildman–Crippen LogP) is 3.08. The summed E-state index contributed by atoms with van der Waals surface area (Å²) in [4.78, 5) is 36.1. The van der Waals surface area contributed by atoms with E-state index in [0.717, 1.165) is 10.9 Å². The van der Waals surface area contributed by atoms with Crippen LogP contribution in [0.4, 0.5) is 10.5 Å². The van der Waals surface area contributed by atoms with Crippen LogP contribution in [0.2, 0.25) is 10.0 Å². The number of hydrogen-bond acceptors (Lipinski definition) is 7. The maximum absolute atomic E-state index is 12.8. The zero-order valence-corrected chi connectivity index (χ0v) is 22.7. The van der Waals surface area contributed by atoms with Crippen LogP contribution in [0.15, 0.2) is 34.1 Å². The Hall–Kier alpha value is -2.67. The van der Waals surface area contributed by atoms with E-state index in [0.29, 0.717) is 24.9 Å². The number of nitrogens with one attached hydrogen (secondary N) is 3. The van der Waals surface area contributed by atoms with Crippen LogP contribution in [0.3, 0.4) is 0 Å². The molecule has 0 atom stereocenters. The maximum atomic E-state index is 12.8. The molecule has 0 saturated carbocycles. The van der Waals surface area contributed by atoms with E-state index in [1.54, 1.807) is 39.8 Å². The third kappa shape index (κ3) is 9.08. The largest absolute Gasteiger partial charge is 0.444 e. The lowest BCUT2D eigenvalue weighted by Crippen LogP contribution is -2.33. The zero-order chi connectivity index (χ0) is 27.1. The number of unbranched alkanes of at least 4 members (excludes halogenated alkanes) is 1. The molecule has 0 aliphatic carbocycles. The molecular weight excluding hydrogens is 533 g/mol. The van der Waals surface area contributed by atoms with Crippen molar-refractivity contribution in [1.82, 2.24) is 19.8 Å². The van der Waals surface area contributed by atoms with Gasteiger partial charge in [0.05, 0.1) is 16.1 Å². The molecule has 1 aromatic heterocycles. The first-order valence-electron chi connectivity index (χ1n) is 11.0. The van der Waals surface area contributed by atoms with Crippen molar-refractivity contribution in [2.24, 2.45) is 0 Å². The van der Waals surface area contributed by atoms with Gasteiger partial charge in [0.25, 0.3) is 5.56 Å². The third-order valence-corrected chi connectivity index (χ3v) is 6.91. The minimum absolute atomic E-state index is 0.00277. The molecular formula is C22H29Cl2N5O6S. The fraction of sp³-hybridized carbons (Fsp3) is 0.455. The van der Waals surface area contributed by atoms with Gasteiger partial charge >= 0.3 is 6.09 Å². The second-order valence-corrected chi connectivity index (χ2v) is 11.4. The van der Waals surface area contributed by atoms with Gasteiger partial charge in [-0.05, 0) is 58.2 Å². The topological polar surface area (TPSA) is 148 Å². The van der Waals surface area contributed by atoms with E-state index in [1.165, 1.54) is 6.07 Å². The molecule has 0 fully saturated rings. The van der Waals surface area contributed by atoms with E-state index in [9.17, 15) is 22.8 Å². The first-order valence-corrected chi connectivity index (χ1v) is 13.2. The van der Waals surface area contributed by atoms with Crippen molar-refractivity contribution >= 4 is 50.9 Å². The van der Waals surface area contributed by atoms with Crippen LogP contribution < -0.4 is 20.9 Å². The number of benzene rings is 1. The monoisotopic (exact) mass is 561 g/mol. The summed E-state index contributed by atoms with van der Waals surface area (Å²) in [6.07, 6.45) is 1.64. The van der Waals surface area contributed by atoms with Crippen molar-refractivity contribution < 1.29 is 22.7 Å². The number of ether oxygens (including phenoxy) is 1. The Morgan fingerprint density at radius 2 is 1.81 bits per heavy atom. The summed E-state index contributed by atoms with van der Waals surface area (Å²) in [6.45, 7) is 6.97. The zero-order valence-electron chi connectivity index (χ0n) is 20.4. The maximum Gasteiger partial charge on any atom is 0.407 e. The third-order valence-electron chi connectivity index (χ3n) is 4.56. The summed E-state index contributed by atoms with van der Waals surface area (Å²) >= 11 is 11.5. The van der Waals surface area contributed by atoms with Gasteiger partial charge in [-0.15, -0.1) is 0 Å². The summed E-state index contributed by atoms with van der Waals surface area (Å²) in [6, 6.07) is 4.42. The lowest BCUT2D eigenvalue weighted by Gasteiger charge is -2.19. The molecule has 2 amide bonds. The van der Waals surface area contributed by atoms with E-state index in [-0.39, 0.29) is 27.2 Å². The lowest BCUT2D eigenvalue weighted by molar-refractivity contribution is -0.117. The molecule has 0 aliphatic heterocycles. The van der Waals surface area contributed by atoms with E-state index in [2.05, 4.69) is 20.5 Å². The van der Waals surface area contributed by atoms with Crippen LogP contribution in [0.5, 0.6) is 0 Å². The first-order chi connectivity index (χ1) is 16.7. The van der Waals surface area contributed by atoms with Crippen molar-refractivity contribution in [3.05, 3.63) is 50.4 Å². The SMILES string of the molecule is Cc1ccc(NC(=O)Cn2ncc(Cl)c(Cl)c2=O)cc1S(=O)(=O)NCCCCNC(=O)OC(C)(C)C. The number of alkyl carbamates (subject to hydrolysis) is 1. The van der Waals surface area contributed by atoms with Crippen LogP contribution in [0.25, 0.3) is 0 Å². The van der Waals surface area contributed by atoms with Gasteiger partial charge in [-0.25, -0.2) is 22.6 Å². The average Bonchev–Trinajstić information content (AvgIpc) is 2.76. The number of amides is 2. The number of hydrogen-bond donors (Lipinski definition) is 3. The van der Waals surface area contributed by atoms with Crippen molar-refractivity contribution in [2.45, 2.75) is 57.6 Å². The lowest BCUT2D eigenvalue weighted by atomic mass is 10.2. The van der Waals surface area contributed by atoms with Gasteiger partial charge in [0, 0.05) is 18.8 Å². The number of aryl methyl sites for hydroxylation is 1. The molecule has 0 saturated heterocycles. The number of nitrogens with zero attached hydrogens (tertiary/aromatic N) is 2. The van der Waals surface area contributed by atoms with E-state index in [4.69, 9.17) is 27.9 Å². The summed E-state index contributed by atoms with van der Waals surface area (Å²) in [5.74, 6) is -0.611. The van der Waals surface area contributed by atoms with Crippen LogP contribution >= 0.6 is 23.2 Å². The van der Waals surface area contributed by atoms with Gasteiger partial charge in [0.1, 0.15) is 17.2 Å². The molecule has 0 bridgehead atoms. The Bertz CT molecular complexity index is 1270. The Kier molecular flexibility index (Phi) is 10.3. The minimum atomic E-state index is -3.87. The van der Waals surface area contributed by atoms with Gasteiger partial charge in [0.15, 0.2) is 0 Å². The molecule has 0 aliphatic rings. The number of sulfonamides is 1. The minimum Gasteiger partial charge on any atom is -0.444 e. The number of anilines is 1. The average molecular weight is 562 g/mol. The highest BCUT2D eigenvalue weighted by atomic mass is 35.5. The number of rotatable bonds is 10. The number of carbonyl (C=O) groups excluding carboxylic acids is 2. The Labute approximate surface area is 219 Å². The quantitative estimate of drug-likeness (QED) is 0.377. The van der Waals surface area contributed by atoms with E-state index < -0.39 is 39.7 Å². The van der Waals surface area contributed by atoms with Gasteiger partial charge in [-0.2, -0.15) is 5.10 Å². The fourth-order valence-corrected chi connectivity index (χ4v) is 4.51. The van der Waals surface area contributed by atoms with E-state index in [1.807, 2.05) is 0 Å². The molecule has 11 nitrogen and oxygen atoms in total. The fourth-order valence-electron chi connectivity index (χ4n) is 2.90. The highest BCUT2D eigenvalue weighted by Crippen LogP contribution is 2.20. The molecule has 0 unspecified atom stereocenters. The van der Waals surface area contributed by atoms with Crippen LogP contribution in [0.1, 0.15) is 39.2 Å². The Morgan fingerprint density at radius 1 is 1.14 bits per heavy atom. The van der Waals surface area contributed by atoms with Crippen molar-refractivity contribution in [3.63, 3.8) is 0 Å². The van der Waals surface area contributed by atoms with Gasteiger partial charge in [-0.1, -0.05) is 29.3 Å². The smallest absolute Gasteiger partial charge is 0.407 e. The van der Waals surface area contributed by atoms with E-state index >= 15 is 0 Å². The first kappa shape index (κ1) is 29.6. The summed E-state index contributed by atoms with van der Waals surface area (Å²) in [5.41, 5.74) is -0.615. The molecule has 3 N–H and O–H groups in total. The molecule has 2 aromatic rings. The number of halogens is 2. The molecule has 1 aromatic carbocycles. The van der Waals surface area contributed by atoms with Crippen LogP contribution in [-0.2, 0) is 26.1 Å². The van der Waals surface area contributed by atoms with Gasteiger partial charge < -0.3 is 15.4 Å². The highest BCUT2D eigenvalue weighted by Gasteiger charge is 2.19. The number of aromatic nitrogens is 2. The molecule has 1 heterocycles. The molecule has 36 heavy (non-hydrogen) atoms. The molecule has 14 heteroatoms. The number of carbonyl (C=O) groups is 2. The van der Waals surface area contributed by atoms with Crippen molar-refractivity contribution in [2.75, 3.05) is 18.4 Å². The predicted molar refractivity (Wildman–Crippen MR) is 137 cm³/mol.